The van der Waals surface area contributed by atoms with Crippen molar-refractivity contribution in [3.05, 3.63) is 93.0 Å². The van der Waals surface area contributed by atoms with Crippen LogP contribution in [0.3, 0.4) is 0 Å². The van der Waals surface area contributed by atoms with Gasteiger partial charge in [-0.05, 0) is 94.8 Å². The lowest BCUT2D eigenvalue weighted by molar-refractivity contribution is -0.110. The number of fused-ring (bicyclic) bond motifs is 1. The van der Waals surface area contributed by atoms with E-state index >= 15 is 0 Å². The van der Waals surface area contributed by atoms with Crippen LogP contribution in [0.25, 0.3) is 11.6 Å². The Kier molecular flexibility index (Phi) is 10.4. The van der Waals surface area contributed by atoms with Crippen molar-refractivity contribution in [2.24, 2.45) is 0 Å². The second kappa shape index (κ2) is 14.6. The number of amides is 3. The second-order valence-corrected chi connectivity index (χ2v) is 15.8. The van der Waals surface area contributed by atoms with Gasteiger partial charge in [0.2, 0.25) is 0 Å². The predicted octanol–water partition coefficient (Wildman–Crippen LogP) is 5.03. The maximum atomic E-state index is 14.1. The van der Waals surface area contributed by atoms with Crippen LogP contribution in [0, 0.1) is 20.8 Å². The van der Waals surface area contributed by atoms with Crippen LogP contribution in [0.15, 0.2) is 53.4 Å². The molecule has 13 nitrogen and oxygen atoms in total. The number of aromatic amines is 1. The van der Waals surface area contributed by atoms with Gasteiger partial charge in [0.25, 0.3) is 21.8 Å². The lowest BCUT2D eigenvalue weighted by Crippen LogP contribution is -2.47. The van der Waals surface area contributed by atoms with Crippen molar-refractivity contribution < 1.29 is 22.8 Å². The van der Waals surface area contributed by atoms with E-state index in [4.69, 9.17) is 11.6 Å². The summed E-state index contributed by atoms with van der Waals surface area (Å²) >= 11 is 6.13. The monoisotopic (exact) mass is 746 g/mol. The van der Waals surface area contributed by atoms with E-state index in [9.17, 15) is 22.8 Å². The minimum Gasteiger partial charge on any atom is -0.358 e. The number of hydrogen-bond acceptors (Lipinski definition) is 7. The molecule has 2 aliphatic rings. The summed E-state index contributed by atoms with van der Waals surface area (Å²) in [5.74, 6) is -0.484. The number of carbonyl (C=O) groups excluding carboxylic acids is 3. The highest BCUT2D eigenvalue weighted by molar-refractivity contribution is 7.92. The predicted molar refractivity (Wildman–Crippen MR) is 202 cm³/mol. The van der Waals surface area contributed by atoms with Gasteiger partial charge in [0.05, 0.1) is 27.4 Å². The van der Waals surface area contributed by atoms with Gasteiger partial charge in [-0.2, -0.15) is 9.78 Å². The van der Waals surface area contributed by atoms with Gasteiger partial charge in [-0.15, -0.1) is 0 Å². The van der Waals surface area contributed by atoms with E-state index in [0.717, 1.165) is 28.8 Å². The summed E-state index contributed by atoms with van der Waals surface area (Å²) < 4.78 is 29.9. The maximum absolute atomic E-state index is 14.1. The van der Waals surface area contributed by atoms with Crippen LogP contribution >= 0.6 is 11.6 Å². The molecule has 2 aliphatic heterocycles. The molecule has 1 fully saturated rings. The summed E-state index contributed by atoms with van der Waals surface area (Å²) in [7, 11) is 1.19. The van der Waals surface area contributed by atoms with Crippen LogP contribution in [0.4, 0.5) is 16.2 Å². The molecule has 0 aliphatic carbocycles. The first-order valence-electron chi connectivity index (χ1n) is 17.1. The van der Waals surface area contributed by atoms with Crippen LogP contribution < -0.4 is 9.62 Å². The van der Waals surface area contributed by atoms with Crippen LogP contribution in [-0.2, 0) is 21.2 Å². The van der Waals surface area contributed by atoms with E-state index in [2.05, 4.69) is 20.3 Å². The molecular formula is C37H43ClN8O5S. The zero-order valence-corrected chi connectivity index (χ0v) is 31.7. The molecule has 0 spiro atoms. The normalized spacial score (nSPS) is 15.6. The fourth-order valence-electron chi connectivity index (χ4n) is 6.63. The summed E-state index contributed by atoms with van der Waals surface area (Å²) in [5, 5.41) is 7.55. The molecule has 2 N–H and O–H groups in total. The largest absolute Gasteiger partial charge is 0.358 e. The number of hydrogen-bond donors (Lipinski definition) is 2. The fraction of sp³-hybridized carbons (Fsp3) is 0.351. The third-order valence-electron chi connectivity index (χ3n) is 9.70. The second-order valence-electron chi connectivity index (χ2n) is 13.4. The van der Waals surface area contributed by atoms with Crippen molar-refractivity contribution in [3.63, 3.8) is 0 Å². The number of sulfonamides is 1. The molecule has 0 unspecified atom stereocenters. The third-order valence-corrected chi connectivity index (χ3v) is 11.7. The summed E-state index contributed by atoms with van der Waals surface area (Å²) in [6, 6.07) is 12.7. The minimum absolute atomic E-state index is 0.00471. The summed E-state index contributed by atoms with van der Waals surface area (Å²) in [5.41, 5.74) is 5.59. The Morgan fingerprint density at radius 2 is 1.75 bits per heavy atom. The van der Waals surface area contributed by atoms with E-state index < -0.39 is 10.0 Å². The van der Waals surface area contributed by atoms with Crippen molar-refractivity contribution >= 4 is 62.5 Å². The Balaban J connectivity index is 1.31. The molecule has 52 heavy (non-hydrogen) atoms. The highest BCUT2D eigenvalue weighted by Crippen LogP contribution is 2.37. The smallest absolute Gasteiger partial charge is 0.344 e. The Morgan fingerprint density at radius 3 is 2.42 bits per heavy atom. The molecule has 0 radical (unpaired) electrons. The van der Waals surface area contributed by atoms with Gasteiger partial charge in [0.15, 0.2) is 0 Å². The molecule has 3 amide bonds. The number of likely N-dealkylation sites (N-methyl/N-ethyl adjacent to an activating group) is 1. The number of nitrogens with zero attached hydrogens (tertiary/aromatic N) is 6. The first kappa shape index (κ1) is 36.9. The molecule has 274 valence electrons. The van der Waals surface area contributed by atoms with Crippen molar-refractivity contribution in [2.45, 2.75) is 38.5 Å². The molecule has 0 saturated carbocycles. The topological polar surface area (TPSA) is 144 Å². The number of halogens is 1. The first-order valence-corrected chi connectivity index (χ1v) is 18.9. The Bertz CT molecular complexity index is 2200. The SMILES string of the molecule is Cc1cc(C)n(C(=O)N(C)CCCc2[nH]c(/C=C3\C(=O)Nc4ccc(S(=O)(=O)N(C)c5cccc(Cl)c5)cc43)c(C)c2C(=O)N2CCN(C)CC2)n1. The van der Waals surface area contributed by atoms with Gasteiger partial charge in [0, 0.05) is 80.2 Å². The standard InChI is InChI=1S/C37H43ClN8O5S/c1-23-19-24(2)46(41-23)37(49)43(5)14-8-11-32-34(36(48)45-17-15-42(4)16-18-45)25(3)33(39-32)22-30-29-21-28(12-13-31(29)40-35(30)47)52(50,51)44(6)27-10-7-9-26(38)20-27/h7,9-10,12-13,19-22,39H,8,11,14-18H2,1-6H3,(H,40,47)/b30-22-. The maximum Gasteiger partial charge on any atom is 0.344 e. The lowest BCUT2D eigenvalue weighted by Gasteiger charge is -2.32. The van der Waals surface area contributed by atoms with Crippen LogP contribution in [0.1, 0.15) is 50.7 Å². The summed E-state index contributed by atoms with van der Waals surface area (Å²) in [6.07, 6.45) is 2.70. The van der Waals surface area contributed by atoms with E-state index in [1.54, 1.807) is 48.4 Å². The number of carbonyl (C=O) groups is 3. The Morgan fingerprint density at radius 1 is 1.02 bits per heavy atom. The number of aromatic nitrogens is 3. The molecule has 15 heteroatoms. The molecular weight excluding hydrogens is 704 g/mol. The molecule has 4 aromatic rings. The molecule has 2 aromatic carbocycles. The number of aryl methyl sites for hydroxylation is 3. The number of nitrogens with one attached hydrogen (secondary N) is 2. The van der Waals surface area contributed by atoms with Gasteiger partial charge in [-0.1, -0.05) is 17.7 Å². The van der Waals surface area contributed by atoms with Gasteiger partial charge in [-0.3, -0.25) is 13.9 Å². The highest BCUT2D eigenvalue weighted by Gasteiger charge is 2.31. The summed E-state index contributed by atoms with van der Waals surface area (Å²) in [6.45, 7) is 8.64. The fourth-order valence-corrected chi connectivity index (χ4v) is 8.02. The molecule has 0 atom stereocenters. The number of anilines is 2. The third kappa shape index (κ3) is 7.23. The molecule has 0 bridgehead atoms. The minimum atomic E-state index is -4.01. The van der Waals surface area contributed by atoms with Crippen molar-refractivity contribution in [2.75, 3.05) is 63.5 Å². The Labute approximate surface area is 308 Å². The molecule has 4 heterocycles. The van der Waals surface area contributed by atoms with Crippen molar-refractivity contribution in [3.8, 4) is 0 Å². The van der Waals surface area contributed by atoms with E-state index in [-0.39, 0.29) is 28.3 Å². The van der Waals surface area contributed by atoms with Crippen LogP contribution in [-0.4, -0.2) is 110 Å². The number of benzene rings is 2. The molecule has 6 rings (SSSR count). The number of H-pyrrole nitrogens is 1. The van der Waals surface area contributed by atoms with E-state index in [0.29, 0.717) is 77.0 Å². The van der Waals surface area contributed by atoms with Crippen molar-refractivity contribution in [1.82, 2.24) is 29.5 Å². The van der Waals surface area contributed by atoms with E-state index in [1.165, 1.54) is 23.9 Å². The molecule has 1 saturated heterocycles. The average molecular weight is 747 g/mol. The van der Waals surface area contributed by atoms with Crippen LogP contribution in [0.2, 0.25) is 5.02 Å². The Hall–Kier alpha value is -4.92. The number of rotatable bonds is 9. The first-order chi connectivity index (χ1) is 24.6. The van der Waals surface area contributed by atoms with Gasteiger partial charge >= 0.3 is 6.03 Å². The lowest BCUT2D eigenvalue weighted by atomic mass is 10.0. The highest BCUT2D eigenvalue weighted by atomic mass is 35.5. The quantitative estimate of drug-likeness (QED) is 0.229. The zero-order valence-electron chi connectivity index (χ0n) is 30.2. The van der Waals surface area contributed by atoms with Crippen molar-refractivity contribution in [1.29, 1.82) is 0 Å². The molecule has 2 aromatic heterocycles. The van der Waals surface area contributed by atoms with Gasteiger partial charge in [0.1, 0.15) is 0 Å². The summed E-state index contributed by atoms with van der Waals surface area (Å²) in [4.78, 5) is 49.6. The average Bonchev–Trinajstić information content (AvgIpc) is 3.73. The number of piperazine rings is 1. The van der Waals surface area contributed by atoms with E-state index in [1.807, 2.05) is 38.8 Å². The van der Waals surface area contributed by atoms with Gasteiger partial charge in [-0.25, -0.2) is 13.2 Å². The zero-order chi connectivity index (χ0) is 37.5. The van der Waals surface area contributed by atoms with Gasteiger partial charge < -0.3 is 25.0 Å². The van der Waals surface area contributed by atoms with Crippen LogP contribution in [0.5, 0.6) is 0 Å².